The van der Waals surface area contributed by atoms with Crippen LogP contribution in [0.5, 0.6) is 0 Å². The van der Waals surface area contributed by atoms with Crippen LogP contribution in [0, 0.1) is 0 Å². The topological polar surface area (TPSA) is 46.2 Å². The third kappa shape index (κ3) is 3.83. The van der Waals surface area contributed by atoms with E-state index in [9.17, 15) is 9.59 Å². The Labute approximate surface area is 60.1 Å². The highest BCUT2D eigenvalue weighted by molar-refractivity contribution is 6.00. The first-order valence-electron chi connectivity index (χ1n) is 3.17. The van der Waals surface area contributed by atoms with Crippen LogP contribution in [0.15, 0.2) is 12.7 Å². The lowest BCUT2D eigenvalue weighted by Gasteiger charge is -1.96. The predicted molar refractivity (Wildman–Crippen MR) is 38.3 cm³/mol. The Morgan fingerprint density at radius 3 is 2.60 bits per heavy atom. The van der Waals surface area contributed by atoms with Crippen molar-refractivity contribution in [2.45, 2.75) is 19.8 Å². The lowest BCUT2D eigenvalue weighted by Crippen LogP contribution is -2.28. The highest BCUT2D eigenvalue weighted by atomic mass is 16.2. The zero-order valence-electron chi connectivity index (χ0n) is 6.02. The zero-order chi connectivity index (χ0) is 7.98. The standard InChI is InChI=1S/C7H11NO2/c1-3-5-7(10)8-6(9)4-2/h4H,2-3,5H2,1H3,(H,8,9,10). The van der Waals surface area contributed by atoms with Crippen molar-refractivity contribution in [2.75, 3.05) is 0 Å². The molecule has 2 amide bonds. The number of carbonyl (C=O) groups excluding carboxylic acids is 2. The van der Waals surface area contributed by atoms with E-state index in [0.717, 1.165) is 12.5 Å². The van der Waals surface area contributed by atoms with Crippen molar-refractivity contribution in [2.24, 2.45) is 0 Å². The second kappa shape index (κ2) is 4.73. The summed E-state index contributed by atoms with van der Waals surface area (Å²) in [6.45, 7) is 5.08. The molecule has 0 aromatic heterocycles. The molecule has 0 saturated carbocycles. The molecule has 0 rings (SSSR count). The highest BCUT2D eigenvalue weighted by Gasteiger charge is 2.00. The molecule has 56 valence electrons. The van der Waals surface area contributed by atoms with Crippen molar-refractivity contribution >= 4 is 11.8 Å². The number of nitrogens with one attached hydrogen (secondary N) is 1. The van der Waals surface area contributed by atoms with Gasteiger partial charge in [-0.15, -0.1) is 0 Å². The van der Waals surface area contributed by atoms with Crippen molar-refractivity contribution in [3.63, 3.8) is 0 Å². The molecular weight excluding hydrogens is 130 g/mol. The largest absolute Gasteiger partial charge is 0.293 e. The number of imide groups is 1. The normalized spacial score (nSPS) is 8.50. The molecule has 0 fully saturated rings. The molecule has 0 aliphatic rings. The fraction of sp³-hybridized carbons (Fsp3) is 0.429. The molecule has 0 aliphatic heterocycles. The first-order valence-corrected chi connectivity index (χ1v) is 3.17. The predicted octanol–water partition coefficient (Wildman–Crippen LogP) is 0.615. The Morgan fingerprint density at radius 2 is 2.20 bits per heavy atom. The van der Waals surface area contributed by atoms with Crippen molar-refractivity contribution in [1.82, 2.24) is 5.32 Å². The van der Waals surface area contributed by atoms with E-state index in [1.54, 1.807) is 0 Å². The molecule has 1 N–H and O–H groups in total. The van der Waals surface area contributed by atoms with Gasteiger partial charge in [0.15, 0.2) is 0 Å². The fourth-order valence-corrected chi connectivity index (χ4v) is 0.478. The SMILES string of the molecule is C=CC(=O)NC(=O)CCC. The van der Waals surface area contributed by atoms with E-state index in [-0.39, 0.29) is 5.91 Å². The van der Waals surface area contributed by atoms with E-state index in [4.69, 9.17) is 0 Å². The molecular formula is C7H11NO2. The molecule has 0 unspecified atom stereocenters. The van der Waals surface area contributed by atoms with Gasteiger partial charge in [0.1, 0.15) is 0 Å². The monoisotopic (exact) mass is 141 g/mol. The van der Waals surface area contributed by atoms with Crippen molar-refractivity contribution < 1.29 is 9.59 Å². The van der Waals surface area contributed by atoms with Crippen LogP contribution in [-0.2, 0) is 9.59 Å². The maximum Gasteiger partial charge on any atom is 0.249 e. The molecule has 0 saturated heterocycles. The van der Waals surface area contributed by atoms with Crippen LogP contribution < -0.4 is 5.32 Å². The van der Waals surface area contributed by atoms with Crippen LogP contribution in [0.2, 0.25) is 0 Å². The smallest absolute Gasteiger partial charge is 0.249 e. The Kier molecular flexibility index (Phi) is 4.20. The van der Waals surface area contributed by atoms with Crippen LogP contribution in [0.1, 0.15) is 19.8 Å². The van der Waals surface area contributed by atoms with Gasteiger partial charge in [0.2, 0.25) is 11.8 Å². The van der Waals surface area contributed by atoms with Gasteiger partial charge in [-0.05, 0) is 12.5 Å². The van der Waals surface area contributed by atoms with Crippen molar-refractivity contribution in [3.05, 3.63) is 12.7 Å². The number of amides is 2. The summed E-state index contributed by atoms with van der Waals surface area (Å²) in [6.07, 6.45) is 2.21. The zero-order valence-corrected chi connectivity index (χ0v) is 6.02. The van der Waals surface area contributed by atoms with Gasteiger partial charge in [0, 0.05) is 6.42 Å². The number of hydrogen-bond donors (Lipinski definition) is 1. The van der Waals surface area contributed by atoms with Gasteiger partial charge in [-0.25, -0.2) is 0 Å². The molecule has 3 heteroatoms. The summed E-state index contributed by atoms with van der Waals surface area (Å²) < 4.78 is 0. The van der Waals surface area contributed by atoms with Crippen molar-refractivity contribution in [1.29, 1.82) is 0 Å². The fourth-order valence-electron chi connectivity index (χ4n) is 0.478. The van der Waals surface area contributed by atoms with E-state index in [1.165, 1.54) is 0 Å². The van der Waals surface area contributed by atoms with Crippen LogP contribution >= 0.6 is 0 Å². The summed E-state index contributed by atoms with van der Waals surface area (Å²) in [4.78, 5) is 21.1. The second-order valence-corrected chi connectivity index (χ2v) is 1.87. The summed E-state index contributed by atoms with van der Waals surface area (Å²) in [5, 5.41) is 2.13. The first kappa shape index (κ1) is 8.88. The quantitative estimate of drug-likeness (QED) is 0.585. The van der Waals surface area contributed by atoms with E-state index in [1.807, 2.05) is 6.92 Å². The minimum Gasteiger partial charge on any atom is -0.293 e. The van der Waals surface area contributed by atoms with Crippen LogP contribution in [0.3, 0.4) is 0 Å². The minimum absolute atomic E-state index is 0.243. The maximum atomic E-state index is 10.6. The Bertz CT molecular complexity index is 152. The van der Waals surface area contributed by atoms with Gasteiger partial charge in [-0.3, -0.25) is 14.9 Å². The number of rotatable bonds is 3. The van der Waals surface area contributed by atoms with Crippen LogP contribution in [0.25, 0.3) is 0 Å². The Morgan fingerprint density at radius 1 is 1.60 bits per heavy atom. The summed E-state index contributed by atoms with van der Waals surface area (Å²) in [5.74, 6) is -0.675. The molecule has 0 bridgehead atoms. The second-order valence-electron chi connectivity index (χ2n) is 1.87. The average molecular weight is 141 g/mol. The molecule has 0 heterocycles. The number of carbonyl (C=O) groups is 2. The summed E-state index contributed by atoms with van der Waals surface area (Å²) in [6, 6.07) is 0. The van der Waals surface area contributed by atoms with Crippen LogP contribution in [-0.4, -0.2) is 11.8 Å². The molecule has 0 atom stereocenters. The van der Waals surface area contributed by atoms with E-state index >= 15 is 0 Å². The van der Waals surface area contributed by atoms with E-state index < -0.39 is 5.91 Å². The van der Waals surface area contributed by atoms with Gasteiger partial charge in [0.05, 0.1) is 0 Å². The van der Waals surface area contributed by atoms with Crippen molar-refractivity contribution in [3.8, 4) is 0 Å². The molecule has 10 heavy (non-hydrogen) atoms. The Balaban J connectivity index is 3.57. The Hall–Kier alpha value is -1.12. The van der Waals surface area contributed by atoms with Gasteiger partial charge in [0.25, 0.3) is 0 Å². The van der Waals surface area contributed by atoms with Gasteiger partial charge in [-0.2, -0.15) is 0 Å². The lowest BCUT2D eigenvalue weighted by molar-refractivity contribution is -0.128. The summed E-state index contributed by atoms with van der Waals surface area (Å²) >= 11 is 0. The molecule has 0 aromatic carbocycles. The third-order valence-electron chi connectivity index (χ3n) is 0.925. The maximum absolute atomic E-state index is 10.6. The summed E-state index contributed by atoms with van der Waals surface area (Å²) in [7, 11) is 0. The van der Waals surface area contributed by atoms with Gasteiger partial charge in [-0.1, -0.05) is 13.5 Å². The van der Waals surface area contributed by atoms with E-state index in [0.29, 0.717) is 6.42 Å². The summed E-state index contributed by atoms with van der Waals surface area (Å²) in [5.41, 5.74) is 0. The first-order chi connectivity index (χ1) is 4.70. The average Bonchev–Trinajstić information content (AvgIpc) is 1.88. The molecule has 0 aromatic rings. The molecule has 0 spiro atoms. The lowest BCUT2D eigenvalue weighted by atomic mass is 10.3. The van der Waals surface area contributed by atoms with Crippen LogP contribution in [0.4, 0.5) is 0 Å². The third-order valence-corrected chi connectivity index (χ3v) is 0.925. The molecule has 3 nitrogen and oxygen atoms in total. The van der Waals surface area contributed by atoms with E-state index in [2.05, 4.69) is 11.9 Å². The molecule has 0 radical (unpaired) electrons. The van der Waals surface area contributed by atoms with Gasteiger partial charge < -0.3 is 0 Å². The minimum atomic E-state index is -0.432. The number of hydrogen-bond acceptors (Lipinski definition) is 2. The highest BCUT2D eigenvalue weighted by Crippen LogP contribution is 1.84. The molecule has 0 aliphatic carbocycles. The van der Waals surface area contributed by atoms with Gasteiger partial charge >= 0.3 is 0 Å².